The number of aryl methyl sites for hydroxylation is 1. The van der Waals surface area contributed by atoms with Gasteiger partial charge in [-0.15, -0.1) is 0 Å². The first-order valence-corrected chi connectivity index (χ1v) is 5.20. The molecule has 0 aliphatic heterocycles. The molecule has 0 fully saturated rings. The van der Waals surface area contributed by atoms with Crippen molar-refractivity contribution in [2.75, 3.05) is 18.9 Å². The highest BCUT2D eigenvalue weighted by atomic mass is 35.5. The molecule has 1 aromatic carbocycles. The predicted molar refractivity (Wildman–Crippen MR) is 63.5 cm³/mol. The average Bonchev–Trinajstić information content (AvgIpc) is 2.22. The molecular weight excluding hydrogens is 212 g/mol. The molecule has 0 saturated carbocycles. The molecule has 0 bridgehead atoms. The molecular formula is C11H15ClN2O. The van der Waals surface area contributed by atoms with Crippen LogP contribution in [0.25, 0.3) is 0 Å². The molecule has 15 heavy (non-hydrogen) atoms. The Morgan fingerprint density at radius 3 is 2.73 bits per heavy atom. The summed E-state index contributed by atoms with van der Waals surface area (Å²) in [4.78, 5) is 13.1. The topological polar surface area (TPSA) is 32.3 Å². The van der Waals surface area contributed by atoms with Crippen molar-refractivity contribution in [2.45, 2.75) is 13.8 Å². The van der Waals surface area contributed by atoms with Crippen LogP contribution >= 0.6 is 11.6 Å². The van der Waals surface area contributed by atoms with Gasteiger partial charge in [-0.2, -0.15) is 0 Å². The van der Waals surface area contributed by atoms with Gasteiger partial charge >= 0.3 is 6.03 Å². The van der Waals surface area contributed by atoms with Gasteiger partial charge in [-0.25, -0.2) is 4.79 Å². The lowest BCUT2D eigenvalue weighted by molar-refractivity contribution is 0.224. The lowest BCUT2D eigenvalue weighted by Crippen LogP contribution is -2.30. The van der Waals surface area contributed by atoms with Gasteiger partial charge in [0.25, 0.3) is 0 Å². The fourth-order valence-corrected chi connectivity index (χ4v) is 1.21. The van der Waals surface area contributed by atoms with Crippen molar-refractivity contribution < 1.29 is 4.79 Å². The predicted octanol–water partition coefficient (Wildman–Crippen LogP) is 3.13. The van der Waals surface area contributed by atoms with Crippen molar-refractivity contribution >= 4 is 23.3 Å². The molecule has 0 unspecified atom stereocenters. The van der Waals surface area contributed by atoms with E-state index in [1.54, 1.807) is 18.0 Å². The molecule has 4 heteroatoms. The first-order valence-electron chi connectivity index (χ1n) is 4.83. The molecule has 0 heterocycles. The number of urea groups is 1. The Morgan fingerprint density at radius 1 is 1.53 bits per heavy atom. The summed E-state index contributed by atoms with van der Waals surface area (Å²) in [6.07, 6.45) is 0. The number of hydrogen-bond donors (Lipinski definition) is 1. The molecule has 3 nitrogen and oxygen atoms in total. The van der Waals surface area contributed by atoms with Crippen LogP contribution in [0.1, 0.15) is 12.5 Å². The molecule has 2 amide bonds. The largest absolute Gasteiger partial charge is 0.328 e. The monoisotopic (exact) mass is 226 g/mol. The zero-order valence-electron chi connectivity index (χ0n) is 9.17. The van der Waals surface area contributed by atoms with Crippen LogP contribution in [0.15, 0.2) is 18.2 Å². The van der Waals surface area contributed by atoms with Crippen LogP contribution in [-0.2, 0) is 0 Å². The van der Waals surface area contributed by atoms with Crippen molar-refractivity contribution in [3.8, 4) is 0 Å². The highest BCUT2D eigenvalue weighted by Crippen LogP contribution is 2.19. The zero-order chi connectivity index (χ0) is 11.4. The van der Waals surface area contributed by atoms with E-state index >= 15 is 0 Å². The number of halogens is 1. The SMILES string of the molecule is CCN(C)C(=O)Nc1ccc(C)c(Cl)c1. The molecule has 0 aliphatic rings. The first-order chi connectivity index (χ1) is 7.04. The van der Waals surface area contributed by atoms with Crippen LogP contribution in [0.2, 0.25) is 5.02 Å². The molecule has 0 saturated heterocycles. The molecule has 1 N–H and O–H groups in total. The van der Waals surface area contributed by atoms with E-state index in [-0.39, 0.29) is 6.03 Å². The maximum absolute atomic E-state index is 11.5. The number of hydrogen-bond acceptors (Lipinski definition) is 1. The molecule has 0 spiro atoms. The van der Waals surface area contributed by atoms with E-state index in [9.17, 15) is 4.79 Å². The number of amides is 2. The molecule has 1 aromatic rings. The molecule has 82 valence electrons. The minimum Gasteiger partial charge on any atom is -0.328 e. The number of nitrogens with one attached hydrogen (secondary N) is 1. The summed E-state index contributed by atoms with van der Waals surface area (Å²) < 4.78 is 0. The number of nitrogens with zero attached hydrogens (tertiary/aromatic N) is 1. The van der Waals surface area contributed by atoms with E-state index < -0.39 is 0 Å². The summed E-state index contributed by atoms with van der Waals surface area (Å²) in [5.41, 5.74) is 1.72. The Kier molecular flexibility index (Phi) is 3.97. The Balaban J connectivity index is 2.73. The second kappa shape index (κ2) is 5.03. The summed E-state index contributed by atoms with van der Waals surface area (Å²) in [5.74, 6) is 0. The van der Waals surface area contributed by atoms with E-state index in [1.165, 1.54) is 0 Å². The molecule has 0 atom stereocenters. The molecule has 0 radical (unpaired) electrons. The third-order valence-corrected chi connectivity index (χ3v) is 2.65. The summed E-state index contributed by atoms with van der Waals surface area (Å²) in [5, 5.41) is 3.42. The Bertz CT molecular complexity index is 366. The van der Waals surface area contributed by atoms with E-state index in [0.717, 1.165) is 11.3 Å². The van der Waals surface area contributed by atoms with Crippen LogP contribution in [0.5, 0.6) is 0 Å². The fourth-order valence-electron chi connectivity index (χ4n) is 1.03. The van der Waals surface area contributed by atoms with Gasteiger partial charge in [-0.05, 0) is 31.5 Å². The maximum Gasteiger partial charge on any atom is 0.321 e. The number of benzene rings is 1. The highest BCUT2D eigenvalue weighted by Gasteiger charge is 2.06. The summed E-state index contributed by atoms with van der Waals surface area (Å²) >= 11 is 5.95. The van der Waals surface area contributed by atoms with Crippen molar-refractivity contribution in [3.05, 3.63) is 28.8 Å². The van der Waals surface area contributed by atoms with Crippen molar-refractivity contribution in [1.82, 2.24) is 4.90 Å². The summed E-state index contributed by atoms with van der Waals surface area (Å²) in [7, 11) is 1.74. The third-order valence-electron chi connectivity index (χ3n) is 2.24. The Labute approximate surface area is 95.0 Å². The van der Waals surface area contributed by atoms with E-state index in [1.807, 2.05) is 26.0 Å². The third kappa shape index (κ3) is 3.13. The van der Waals surface area contributed by atoms with Crippen LogP contribution in [0.3, 0.4) is 0 Å². The standard InChI is InChI=1S/C11H15ClN2O/c1-4-14(3)11(15)13-9-6-5-8(2)10(12)7-9/h5-7H,4H2,1-3H3,(H,13,15). The fraction of sp³-hybridized carbons (Fsp3) is 0.364. The van der Waals surface area contributed by atoms with Crippen LogP contribution < -0.4 is 5.32 Å². The number of carbonyl (C=O) groups excluding carboxylic acids is 1. The minimum absolute atomic E-state index is 0.127. The van der Waals surface area contributed by atoms with Crippen molar-refractivity contribution in [1.29, 1.82) is 0 Å². The van der Waals surface area contributed by atoms with E-state index in [2.05, 4.69) is 5.32 Å². The lowest BCUT2D eigenvalue weighted by Gasteiger charge is -2.15. The van der Waals surface area contributed by atoms with E-state index in [0.29, 0.717) is 11.6 Å². The number of carbonyl (C=O) groups is 1. The van der Waals surface area contributed by atoms with Gasteiger partial charge in [0.2, 0.25) is 0 Å². The van der Waals surface area contributed by atoms with Gasteiger partial charge in [0.1, 0.15) is 0 Å². The molecule has 0 aromatic heterocycles. The van der Waals surface area contributed by atoms with Gasteiger partial charge in [-0.3, -0.25) is 0 Å². The average molecular weight is 227 g/mol. The normalized spacial score (nSPS) is 9.87. The molecule has 0 aliphatic carbocycles. The van der Waals surface area contributed by atoms with Gasteiger partial charge in [0.05, 0.1) is 0 Å². The second-order valence-electron chi connectivity index (χ2n) is 3.41. The van der Waals surface area contributed by atoms with Gasteiger partial charge in [-0.1, -0.05) is 17.7 Å². The van der Waals surface area contributed by atoms with Crippen LogP contribution in [0, 0.1) is 6.92 Å². The lowest BCUT2D eigenvalue weighted by atomic mass is 10.2. The molecule has 1 rings (SSSR count). The second-order valence-corrected chi connectivity index (χ2v) is 3.82. The number of anilines is 1. The van der Waals surface area contributed by atoms with Crippen LogP contribution in [0.4, 0.5) is 10.5 Å². The van der Waals surface area contributed by atoms with Gasteiger partial charge in [0.15, 0.2) is 0 Å². The quantitative estimate of drug-likeness (QED) is 0.826. The Morgan fingerprint density at radius 2 is 2.20 bits per heavy atom. The van der Waals surface area contributed by atoms with E-state index in [4.69, 9.17) is 11.6 Å². The zero-order valence-corrected chi connectivity index (χ0v) is 9.93. The van der Waals surface area contributed by atoms with Gasteiger partial charge < -0.3 is 10.2 Å². The van der Waals surface area contributed by atoms with Crippen molar-refractivity contribution in [3.63, 3.8) is 0 Å². The van der Waals surface area contributed by atoms with Crippen molar-refractivity contribution in [2.24, 2.45) is 0 Å². The maximum atomic E-state index is 11.5. The van der Waals surface area contributed by atoms with Crippen LogP contribution in [-0.4, -0.2) is 24.5 Å². The number of rotatable bonds is 2. The Hall–Kier alpha value is -1.22. The summed E-state index contributed by atoms with van der Waals surface area (Å²) in [6.45, 7) is 4.51. The smallest absolute Gasteiger partial charge is 0.321 e. The minimum atomic E-state index is -0.127. The van der Waals surface area contributed by atoms with Gasteiger partial charge in [0, 0.05) is 24.3 Å². The summed E-state index contributed by atoms with van der Waals surface area (Å²) in [6, 6.07) is 5.34. The highest BCUT2D eigenvalue weighted by molar-refractivity contribution is 6.31. The first kappa shape index (κ1) is 11.9.